The highest BCUT2D eigenvalue weighted by atomic mass is 127. The molecular weight excluding hydrogens is 373 g/mol. The zero-order chi connectivity index (χ0) is 13.4. The van der Waals surface area contributed by atoms with E-state index >= 15 is 0 Å². The number of ether oxygens (including phenoxy) is 1. The summed E-state index contributed by atoms with van der Waals surface area (Å²) in [5.41, 5.74) is 5.73. The Morgan fingerprint density at radius 3 is 2.84 bits per heavy atom. The Kier molecular flexibility index (Phi) is 3.28. The van der Waals surface area contributed by atoms with Crippen LogP contribution in [0.2, 0.25) is 0 Å². The first kappa shape index (κ1) is 12.6. The van der Waals surface area contributed by atoms with Crippen LogP contribution in [0.5, 0.6) is 11.6 Å². The van der Waals surface area contributed by atoms with Gasteiger partial charge in [0.1, 0.15) is 10.6 Å². The second-order valence-corrected chi connectivity index (χ2v) is 6.39. The number of nitrogens with two attached hydrogens (primary N) is 1. The third-order valence-corrected chi connectivity index (χ3v) is 4.38. The Bertz CT molecular complexity index is 757. The first-order chi connectivity index (χ1) is 9.13. The molecule has 0 aliphatic rings. The third kappa shape index (κ3) is 2.50. The van der Waals surface area contributed by atoms with Crippen LogP contribution in [0.3, 0.4) is 0 Å². The van der Waals surface area contributed by atoms with Crippen LogP contribution in [0, 0.1) is 10.5 Å². The van der Waals surface area contributed by atoms with E-state index in [-0.39, 0.29) is 5.95 Å². The zero-order valence-electron chi connectivity index (χ0n) is 10.1. The molecule has 0 saturated carbocycles. The molecule has 6 heteroatoms. The SMILES string of the molecule is Cc1cc2c(Oc3ccccc3I)nc(N)nc2s1. The quantitative estimate of drug-likeness (QED) is 0.681. The van der Waals surface area contributed by atoms with Crippen molar-refractivity contribution in [1.82, 2.24) is 9.97 Å². The second-order valence-electron chi connectivity index (χ2n) is 4.00. The van der Waals surface area contributed by atoms with Gasteiger partial charge in [0.2, 0.25) is 11.8 Å². The number of thiophene rings is 1. The number of halogens is 1. The van der Waals surface area contributed by atoms with Gasteiger partial charge in [-0.3, -0.25) is 0 Å². The highest BCUT2D eigenvalue weighted by Crippen LogP contribution is 2.34. The van der Waals surface area contributed by atoms with E-state index < -0.39 is 0 Å². The Morgan fingerprint density at radius 1 is 1.26 bits per heavy atom. The Morgan fingerprint density at radius 2 is 2.05 bits per heavy atom. The lowest BCUT2D eigenvalue weighted by Crippen LogP contribution is -1.97. The molecule has 0 radical (unpaired) electrons. The van der Waals surface area contributed by atoms with E-state index in [0.717, 1.165) is 24.4 Å². The lowest BCUT2D eigenvalue weighted by molar-refractivity contribution is 0.466. The topological polar surface area (TPSA) is 61.0 Å². The number of aryl methyl sites for hydroxylation is 1. The highest BCUT2D eigenvalue weighted by molar-refractivity contribution is 14.1. The zero-order valence-corrected chi connectivity index (χ0v) is 13.0. The largest absolute Gasteiger partial charge is 0.437 e. The van der Waals surface area contributed by atoms with E-state index in [9.17, 15) is 0 Å². The van der Waals surface area contributed by atoms with Gasteiger partial charge in [-0.2, -0.15) is 4.98 Å². The molecule has 0 bridgehead atoms. The van der Waals surface area contributed by atoms with Crippen molar-refractivity contribution < 1.29 is 4.74 Å². The predicted molar refractivity (Wildman–Crippen MR) is 85.8 cm³/mol. The minimum atomic E-state index is 0.232. The van der Waals surface area contributed by atoms with Crippen LogP contribution in [0.15, 0.2) is 30.3 Å². The molecule has 19 heavy (non-hydrogen) atoms. The molecule has 0 spiro atoms. The molecular formula is C13H10IN3OS. The summed E-state index contributed by atoms with van der Waals surface area (Å²) in [5.74, 6) is 1.51. The van der Waals surface area contributed by atoms with Crippen molar-refractivity contribution in [3.63, 3.8) is 0 Å². The molecule has 0 aliphatic heterocycles. The summed E-state index contributed by atoms with van der Waals surface area (Å²) < 4.78 is 6.91. The van der Waals surface area contributed by atoms with Crippen molar-refractivity contribution in [3.8, 4) is 11.6 Å². The van der Waals surface area contributed by atoms with Crippen LogP contribution < -0.4 is 10.5 Å². The van der Waals surface area contributed by atoms with Crippen molar-refractivity contribution in [2.24, 2.45) is 0 Å². The highest BCUT2D eigenvalue weighted by Gasteiger charge is 2.12. The van der Waals surface area contributed by atoms with Crippen LogP contribution in [0.4, 0.5) is 5.95 Å². The molecule has 0 saturated heterocycles. The first-order valence-electron chi connectivity index (χ1n) is 5.59. The number of hydrogen-bond donors (Lipinski definition) is 1. The maximum atomic E-state index is 5.88. The van der Waals surface area contributed by atoms with Crippen LogP contribution in [-0.4, -0.2) is 9.97 Å². The van der Waals surface area contributed by atoms with Crippen molar-refractivity contribution >= 4 is 50.1 Å². The van der Waals surface area contributed by atoms with E-state index in [1.54, 1.807) is 11.3 Å². The molecule has 2 aromatic heterocycles. The number of anilines is 1. The summed E-state index contributed by atoms with van der Waals surface area (Å²) in [4.78, 5) is 10.4. The Labute approximate surface area is 127 Å². The predicted octanol–water partition coefficient (Wildman–Crippen LogP) is 3.98. The van der Waals surface area contributed by atoms with E-state index in [1.807, 2.05) is 37.3 Å². The van der Waals surface area contributed by atoms with E-state index in [0.29, 0.717) is 5.88 Å². The minimum absolute atomic E-state index is 0.232. The number of aromatic nitrogens is 2. The lowest BCUT2D eigenvalue weighted by atomic mass is 10.3. The summed E-state index contributed by atoms with van der Waals surface area (Å²) >= 11 is 3.81. The molecule has 2 heterocycles. The van der Waals surface area contributed by atoms with Gasteiger partial charge >= 0.3 is 0 Å². The molecule has 4 nitrogen and oxygen atoms in total. The lowest BCUT2D eigenvalue weighted by Gasteiger charge is -2.07. The van der Waals surface area contributed by atoms with Crippen LogP contribution in [0.1, 0.15) is 4.88 Å². The van der Waals surface area contributed by atoms with Gasteiger partial charge in [-0.15, -0.1) is 11.3 Å². The molecule has 2 N–H and O–H groups in total. The summed E-state index contributed by atoms with van der Waals surface area (Å²) in [6.45, 7) is 2.03. The fraction of sp³-hybridized carbons (Fsp3) is 0.0769. The van der Waals surface area contributed by atoms with Crippen LogP contribution in [-0.2, 0) is 0 Å². The molecule has 0 amide bonds. The smallest absolute Gasteiger partial charge is 0.232 e. The molecule has 0 aliphatic carbocycles. The van der Waals surface area contributed by atoms with Crippen molar-refractivity contribution in [3.05, 3.63) is 38.8 Å². The Hall–Kier alpha value is -1.41. The number of nitrogens with zero attached hydrogens (tertiary/aromatic N) is 2. The molecule has 3 rings (SSSR count). The first-order valence-corrected chi connectivity index (χ1v) is 7.49. The van der Waals surface area contributed by atoms with Gasteiger partial charge in [0.05, 0.1) is 8.96 Å². The molecule has 0 fully saturated rings. The standard InChI is InChI=1S/C13H10IN3OS/c1-7-6-8-11(16-13(15)17-12(8)19-7)18-10-5-3-2-4-9(10)14/h2-6H,1H3,(H2,15,16,17). The maximum Gasteiger partial charge on any atom is 0.232 e. The average Bonchev–Trinajstić information content (AvgIpc) is 2.72. The second kappa shape index (κ2) is 4.93. The average molecular weight is 383 g/mol. The van der Waals surface area contributed by atoms with Gasteiger partial charge in [0.15, 0.2) is 0 Å². The van der Waals surface area contributed by atoms with Crippen LogP contribution in [0.25, 0.3) is 10.2 Å². The normalized spacial score (nSPS) is 10.8. The fourth-order valence-corrected chi connectivity index (χ4v) is 3.12. The number of para-hydroxylation sites is 1. The van der Waals surface area contributed by atoms with Gasteiger partial charge < -0.3 is 10.5 Å². The van der Waals surface area contributed by atoms with Crippen molar-refractivity contribution in [2.45, 2.75) is 6.92 Å². The molecule has 3 aromatic rings. The molecule has 1 aromatic carbocycles. The summed E-state index contributed by atoms with van der Waals surface area (Å²) in [6.07, 6.45) is 0. The molecule has 96 valence electrons. The molecule has 0 atom stereocenters. The van der Waals surface area contributed by atoms with Gasteiger partial charge in [-0.1, -0.05) is 12.1 Å². The fourth-order valence-electron chi connectivity index (χ4n) is 1.74. The van der Waals surface area contributed by atoms with Gasteiger partial charge in [0.25, 0.3) is 0 Å². The van der Waals surface area contributed by atoms with Crippen molar-refractivity contribution in [1.29, 1.82) is 0 Å². The monoisotopic (exact) mass is 383 g/mol. The van der Waals surface area contributed by atoms with Gasteiger partial charge in [0, 0.05) is 4.88 Å². The number of nitrogen functional groups attached to an aromatic ring is 1. The van der Waals surface area contributed by atoms with E-state index in [2.05, 4.69) is 32.6 Å². The van der Waals surface area contributed by atoms with E-state index in [1.165, 1.54) is 0 Å². The summed E-state index contributed by atoms with van der Waals surface area (Å²) in [7, 11) is 0. The summed E-state index contributed by atoms with van der Waals surface area (Å²) in [5, 5.41) is 0.899. The van der Waals surface area contributed by atoms with E-state index in [4.69, 9.17) is 10.5 Å². The Balaban J connectivity index is 2.12. The van der Waals surface area contributed by atoms with Gasteiger partial charge in [-0.05, 0) is 47.7 Å². The number of fused-ring (bicyclic) bond motifs is 1. The minimum Gasteiger partial charge on any atom is -0.437 e. The van der Waals surface area contributed by atoms with Crippen LogP contribution >= 0.6 is 33.9 Å². The number of hydrogen-bond acceptors (Lipinski definition) is 5. The number of benzene rings is 1. The maximum absolute atomic E-state index is 5.88. The third-order valence-electron chi connectivity index (χ3n) is 2.54. The van der Waals surface area contributed by atoms with Gasteiger partial charge in [-0.25, -0.2) is 4.98 Å². The van der Waals surface area contributed by atoms with Crippen molar-refractivity contribution in [2.75, 3.05) is 5.73 Å². The molecule has 0 unspecified atom stereocenters. The number of rotatable bonds is 2. The summed E-state index contributed by atoms with van der Waals surface area (Å²) in [6, 6.07) is 9.80.